The van der Waals surface area contributed by atoms with Gasteiger partial charge in [0.1, 0.15) is 0 Å². The molecule has 0 aliphatic heterocycles. The minimum absolute atomic E-state index is 0. The zero-order valence-electron chi connectivity index (χ0n) is 11.1. The first kappa shape index (κ1) is 16.0. The van der Waals surface area contributed by atoms with Crippen LogP contribution in [0.3, 0.4) is 0 Å². The molecule has 0 atom stereocenters. The normalized spacial score (nSPS) is 22.5. The molecule has 1 fully saturated rings. The SMILES string of the molecule is C1CCCCCCCCCCCCCC1.O. The van der Waals surface area contributed by atoms with Gasteiger partial charge in [0.2, 0.25) is 0 Å². The molecular weight excluding hydrogens is 196 g/mol. The first-order valence-corrected chi connectivity index (χ1v) is 7.50. The van der Waals surface area contributed by atoms with Crippen molar-refractivity contribution in [1.82, 2.24) is 0 Å². The molecule has 0 bridgehead atoms. The van der Waals surface area contributed by atoms with Crippen LogP contribution in [0.5, 0.6) is 0 Å². The Balaban J connectivity index is 0.00000225. The van der Waals surface area contributed by atoms with E-state index in [1.165, 1.54) is 96.3 Å². The van der Waals surface area contributed by atoms with Gasteiger partial charge in [0.15, 0.2) is 0 Å². The Morgan fingerprint density at radius 2 is 0.250 bits per heavy atom. The summed E-state index contributed by atoms with van der Waals surface area (Å²) in [6, 6.07) is 0. The van der Waals surface area contributed by atoms with Crippen molar-refractivity contribution in [3.8, 4) is 0 Å². The molecule has 1 aliphatic rings. The molecule has 1 nitrogen and oxygen atoms in total. The van der Waals surface area contributed by atoms with Crippen LogP contribution in [0.1, 0.15) is 96.3 Å². The van der Waals surface area contributed by atoms with Gasteiger partial charge in [-0.2, -0.15) is 0 Å². The Hall–Kier alpha value is -0.0400. The van der Waals surface area contributed by atoms with Gasteiger partial charge < -0.3 is 5.48 Å². The second-order valence-corrected chi connectivity index (χ2v) is 5.30. The highest BCUT2D eigenvalue weighted by Gasteiger charge is 1.96. The molecule has 0 unspecified atom stereocenters. The highest BCUT2D eigenvalue weighted by atomic mass is 16.0. The van der Waals surface area contributed by atoms with Gasteiger partial charge in [-0.25, -0.2) is 0 Å². The smallest absolute Gasteiger partial charge is 0.0533 e. The molecule has 0 aromatic heterocycles. The minimum Gasteiger partial charge on any atom is -0.412 e. The lowest BCUT2D eigenvalue weighted by Crippen LogP contribution is -1.81. The number of hydrogen-bond donors (Lipinski definition) is 0. The van der Waals surface area contributed by atoms with Crippen molar-refractivity contribution in [2.24, 2.45) is 0 Å². The predicted octanol–water partition coefficient (Wildman–Crippen LogP) is 5.03. The Bertz CT molecular complexity index is 64.0. The lowest BCUT2D eigenvalue weighted by Gasteiger charge is -2.01. The molecule has 2 N–H and O–H groups in total. The maximum absolute atomic E-state index is 1.50. The van der Waals surface area contributed by atoms with Crippen LogP contribution in [0.25, 0.3) is 0 Å². The first-order valence-electron chi connectivity index (χ1n) is 7.50. The van der Waals surface area contributed by atoms with Crippen molar-refractivity contribution in [2.75, 3.05) is 0 Å². The zero-order valence-corrected chi connectivity index (χ0v) is 11.1. The zero-order chi connectivity index (χ0) is 10.6. The summed E-state index contributed by atoms with van der Waals surface area (Å²) in [5, 5.41) is 0. The van der Waals surface area contributed by atoms with E-state index in [-0.39, 0.29) is 5.48 Å². The number of hydrogen-bond acceptors (Lipinski definition) is 0. The summed E-state index contributed by atoms with van der Waals surface area (Å²) in [7, 11) is 0. The van der Waals surface area contributed by atoms with Crippen molar-refractivity contribution in [1.29, 1.82) is 0 Å². The molecule has 1 heteroatoms. The van der Waals surface area contributed by atoms with Gasteiger partial charge in [-0.1, -0.05) is 96.3 Å². The Kier molecular flexibility index (Phi) is 13.0. The molecule has 0 radical (unpaired) electrons. The van der Waals surface area contributed by atoms with E-state index in [2.05, 4.69) is 0 Å². The van der Waals surface area contributed by atoms with E-state index in [1.807, 2.05) is 0 Å². The summed E-state index contributed by atoms with van der Waals surface area (Å²) < 4.78 is 0. The second kappa shape index (κ2) is 13.0. The van der Waals surface area contributed by atoms with Gasteiger partial charge in [-0.15, -0.1) is 0 Å². The van der Waals surface area contributed by atoms with E-state index in [9.17, 15) is 0 Å². The van der Waals surface area contributed by atoms with E-state index in [0.29, 0.717) is 0 Å². The predicted molar refractivity (Wildman–Crippen MR) is 72.9 cm³/mol. The lowest BCUT2D eigenvalue weighted by atomic mass is 10.1. The maximum Gasteiger partial charge on any atom is -0.0533 e. The molecule has 0 aromatic rings. The van der Waals surface area contributed by atoms with E-state index in [1.54, 1.807) is 0 Å². The third kappa shape index (κ3) is 10.5. The topological polar surface area (TPSA) is 31.5 Å². The molecular formula is C15H32O. The van der Waals surface area contributed by atoms with E-state index in [4.69, 9.17) is 0 Å². The largest absolute Gasteiger partial charge is 0.412 e. The molecule has 0 amide bonds. The molecule has 0 heterocycles. The van der Waals surface area contributed by atoms with Crippen molar-refractivity contribution in [3.63, 3.8) is 0 Å². The van der Waals surface area contributed by atoms with Crippen LogP contribution in [-0.4, -0.2) is 5.48 Å². The van der Waals surface area contributed by atoms with Crippen LogP contribution >= 0.6 is 0 Å². The Morgan fingerprint density at radius 3 is 0.312 bits per heavy atom. The molecule has 0 spiro atoms. The third-order valence-electron chi connectivity index (χ3n) is 3.75. The summed E-state index contributed by atoms with van der Waals surface area (Å²) in [5.41, 5.74) is 0. The summed E-state index contributed by atoms with van der Waals surface area (Å²) in [6.07, 6.45) is 22.5. The van der Waals surface area contributed by atoms with Gasteiger partial charge in [0.05, 0.1) is 0 Å². The van der Waals surface area contributed by atoms with Crippen LogP contribution in [0.4, 0.5) is 0 Å². The summed E-state index contributed by atoms with van der Waals surface area (Å²) >= 11 is 0. The quantitative estimate of drug-likeness (QED) is 0.557. The second-order valence-electron chi connectivity index (χ2n) is 5.30. The summed E-state index contributed by atoms with van der Waals surface area (Å²) in [6.45, 7) is 0. The van der Waals surface area contributed by atoms with E-state index >= 15 is 0 Å². The van der Waals surface area contributed by atoms with Crippen LogP contribution in [0, 0.1) is 0 Å². The molecule has 98 valence electrons. The highest BCUT2D eigenvalue weighted by Crippen LogP contribution is 2.16. The number of rotatable bonds is 0. The summed E-state index contributed by atoms with van der Waals surface area (Å²) in [5.74, 6) is 0. The van der Waals surface area contributed by atoms with Gasteiger partial charge in [-0.05, 0) is 0 Å². The molecule has 16 heavy (non-hydrogen) atoms. The molecule has 0 saturated heterocycles. The fourth-order valence-corrected chi connectivity index (χ4v) is 2.65. The van der Waals surface area contributed by atoms with E-state index in [0.717, 1.165) is 0 Å². The average Bonchev–Trinajstić information content (AvgIpc) is 2.27. The molecule has 1 aliphatic carbocycles. The van der Waals surface area contributed by atoms with Crippen molar-refractivity contribution < 1.29 is 5.48 Å². The van der Waals surface area contributed by atoms with Gasteiger partial charge >= 0.3 is 0 Å². The average molecular weight is 228 g/mol. The minimum atomic E-state index is 0. The molecule has 1 saturated carbocycles. The van der Waals surface area contributed by atoms with Crippen molar-refractivity contribution in [2.45, 2.75) is 96.3 Å². The summed E-state index contributed by atoms with van der Waals surface area (Å²) in [4.78, 5) is 0. The van der Waals surface area contributed by atoms with E-state index < -0.39 is 0 Å². The van der Waals surface area contributed by atoms with Crippen molar-refractivity contribution >= 4 is 0 Å². The van der Waals surface area contributed by atoms with Crippen LogP contribution < -0.4 is 0 Å². The van der Waals surface area contributed by atoms with Gasteiger partial charge in [0.25, 0.3) is 0 Å². The van der Waals surface area contributed by atoms with Crippen LogP contribution in [-0.2, 0) is 0 Å². The molecule has 0 aromatic carbocycles. The highest BCUT2D eigenvalue weighted by molar-refractivity contribution is 4.52. The maximum atomic E-state index is 1.50. The van der Waals surface area contributed by atoms with Crippen LogP contribution in [0.2, 0.25) is 0 Å². The van der Waals surface area contributed by atoms with Crippen molar-refractivity contribution in [3.05, 3.63) is 0 Å². The first-order chi connectivity index (χ1) is 7.50. The standard InChI is InChI=1S/C15H30.H2O/c1-2-4-6-8-10-12-14-15-13-11-9-7-5-3-1;/h1-15H2;1H2. The van der Waals surface area contributed by atoms with Gasteiger partial charge in [-0.3, -0.25) is 0 Å². The monoisotopic (exact) mass is 228 g/mol. The fraction of sp³-hybridized carbons (Fsp3) is 1.00. The Morgan fingerprint density at radius 1 is 0.188 bits per heavy atom. The fourth-order valence-electron chi connectivity index (χ4n) is 2.65. The lowest BCUT2D eigenvalue weighted by molar-refractivity contribution is 0.548. The third-order valence-corrected chi connectivity index (χ3v) is 3.75. The Labute approximate surface area is 102 Å². The van der Waals surface area contributed by atoms with Crippen LogP contribution in [0.15, 0.2) is 0 Å². The van der Waals surface area contributed by atoms with Gasteiger partial charge in [0, 0.05) is 0 Å². The molecule has 1 rings (SSSR count).